The zero-order valence-electron chi connectivity index (χ0n) is 13.1. The van der Waals surface area contributed by atoms with E-state index in [0.717, 1.165) is 0 Å². The first kappa shape index (κ1) is 17.5. The van der Waals surface area contributed by atoms with Gasteiger partial charge in [-0.2, -0.15) is 0 Å². The zero-order chi connectivity index (χ0) is 17.1. The summed E-state index contributed by atoms with van der Waals surface area (Å²) in [6.45, 7) is 5.79. The van der Waals surface area contributed by atoms with E-state index in [1.165, 1.54) is 18.2 Å². The van der Waals surface area contributed by atoms with Crippen molar-refractivity contribution in [3.63, 3.8) is 0 Å². The standard InChI is InChI=1S/C16H18BrFN2O3/c1-8(2)7-23-15(21)13-9(3)19-16(22)20-14(13)10-4-5-12(18)11(17)6-10/h4-6,8,14H,7H2,1-3H3,(H2,19,20,22). The van der Waals surface area contributed by atoms with E-state index in [4.69, 9.17) is 4.74 Å². The number of benzene rings is 1. The third-order valence-electron chi connectivity index (χ3n) is 3.31. The monoisotopic (exact) mass is 384 g/mol. The second kappa shape index (κ2) is 7.12. The van der Waals surface area contributed by atoms with Crippen molar-refractivity contribution < 1.29 is 18.7 Å². The molecule has 2 rings (SSSR count). The van der Waals surface area contributed by atoms with Crippen LogP contribution >= 0.6 is 15.9 Å². The number of ether oxygens (including phenoxy) is 1. The van der Waals surface area contributed by atoms with Crippen LogP contribution in [-0.4, -0.2) is 18.6 Å². The Morgan fingerprint density at radius 1 is 1.43 bits per heavy atom. The van der Waals surface area contributed by atoms with Crippen molar-refractivity contribution in [1.82, 2.24) is 10.6 Å². The van der Waals surface area contributed by atoms with Crippen molar-refractivity contribution in [2.75, 3.05) is 6.61 Å². The summed E-state index contributed by atoms with van der Waals surface area (Å²) in [5, 5.41) is 5.24. The Morgan fingerprint density at radius 3 is 2.74 bits per heavy atom. The Bertz CT molecular complexity index is 673. The number of urea groups is 1. The van der Waals surface area contributed by atoms with Crippen LogP contribution in [0.3, 0.4) is 0 Å². The second-order valence-electron chi connectivity index (χ2n) is 5.74. The molecule has 2 amide bonds. The van der Waals surface area contributed by atoms with E-state index in [1.54, 1.807) is 6.92 Å². The Hall–Kier alpha value is -1.89. The highest BCUT2D eigenvalue weighted by Crippen LogP contribution is 2.30. The van der Waals surface area contributed by atoms with Crippen LogP contribution in [0.2, 0.25) is 0 Å². The van der Waals surface area contributed by atoms with Crippen molar-refractivity contribution in [1.29, 1.82) is 0 Å². The number of esters is 1. The van der Waals surface area contributed by atoms with Gasteiger partial charge in [-0.1, -0.05) is 19.9 Å². The summed E-state index contributed by atoms with van der Waals surface area (Å²) in [6, 6.07) is 3.22. The molecule has 1 aromatic rings. The average Bonchev–Trinajstić information content (AvgIpc) is 2.46. The van der Waals surface area contributed by atoms with Gasteiger partial charge in [0.15, 0.2) is 0 Å². The first-order chi connectivity index (χ1) is 10.8. The number of carbonyl (C=O) groups excluding carboxylic acids is 2. The summed E-state index contributed by atoms with van der Waals surface area (Å²) in [4.78, 5) is 24.1. The summed E-state index contributed by atoms with van der Waals surface area (Å²) in [6.07, 6.45) is 0. The van der Waals surface area contributed by atoms with Gasteiger partial charge in [0.2, 0.25) is 0 Å². The van der Waals surface area contributed by atoms with Crippen LogP contribution in [0.5, 0.6) is 0 Å². The van der Waals surface area contributed by atoms with Crippen molar-refractivity contribution in [3.05, 3.63) is 45.3 Å². The van der Waals surface area contributed by atoms with Gasteiger partial charge >= 0.3 is 12.0 Å². The molecule has 1 aromatic carbocycles. The molecular weight excluding hydrogens is 367 g/mol. The molecule has 124 valence electrons. The molecular formula is C16H18BrFN2O3. The lowest BCUT2D eigenvalue weighted by atomic mass is 9.95. The second-order valence-corrected chi connectivity index (χ2v) is 6.59. The van der Waals surface area contributed by atoms with Crippen LogP contribution in [0, 0.1) is 11.7 Å². The van der Waals surface area contributed by atoms with E-state index in [0.29, 0.717) is 16.8 Å². The highest BCUT2D eigenvalue weighted by Gasteiger charge is 2.32. The third kappa shape index (κ3) is 4.10. The Morgan fingerprint density at radius 2 is 2.13 bits per heavy atom. The number of hydrogen-bond donors (Lipinski definition) is 2. The fourth-order valence-electron chi connectivity index (χ4n) is 2.23. The van der Waals surface area contributed by atoms with Crippen LogP contribution in [0.15, 0.2) is 33.9 Å². The minimum absolute atomic E-state index is 0.199. The van der Waals surface area contributed by atoms with E-state index in [9.17, 15) is 14.0 Å². The predicted octanol–water partition coefficient (Wildman–Crippen LogP) is 3.42. The molecule has 23 heavy (non-hydrogen) atoms. The van der Waals surface area contributed by atoms with Gasteiger partial charge in [-0.05, 0) is 46.5 Å². The molecule has 0 fully saturated rings. The first-order valence-electron chi connectivity index (χ1n) is 7.20. The van der Waals surface area contributed by atoms with Crippen LogP contribution in [0.1, 0.15) is 32.4 Å². The van der Waals surface area contributed by atoms with Gasteiger partial charge in [0.05, 0.1) is 22.7 Å². The molecule has 0 aliphatic carbocycles. The minimum Gasteiger partial charge on any atom is -0.462 e. The normalized spacial score (nSPS) is 17.8. The lowest BCUT2D eigenvalue weighted by Crippen LogP contribution is -2.45. The Labute approximate surface area is 142 Å². The summed E-state index contributed by atoms with van der Waals surface area (Å²) in [7, 11) is 0. The maximum absolute atomic E-state index is 13.4. The topological polar surface area (TPSA) is 67.4 Å². The Kier molecular flexibility index (Phi) is 5.41. The quantitative estimate of drug-likeness (QED) is 0.781. The molecule has 7 heteroatoms. The number of amides is 2. The number of hydrogen-bond acceptors (Lipinski definition) is 3. The van der Waals surface area contributed by atoms with E-state index < -0.39 is 23.9 Å². The molecule has 2 N–H and O–H groups in total. The smallest absolute Gasteiger partial charge is 0.338 e. The van der Waals surface area contributed by atoms with Gasteiger partial charge in [0, 0.05) is 5.70 Å². The first-order valence-corrected chi connectivity index (χ1v) is 7.99. The summed E-state index contributed by atoms with van der Waals surface area (Å²) < 4.78 is 19.0. The van der Waals surface area contributed by atoms with Crippen molar-refractivity contribution >= 4 is 27.9 Å². The SMILES string of the molecule is CC1=C(C(=O)OCC(C)C)C(c2ccc(F)c(Br)c2)NC(=O)N1. The molecule has 1 heterocycles. The number of nitrogens with one attached hydrogen (secondary N) is 2. The van der Waals surface area contributed by atoms with Gasteiger partial charge < -0.3 is 15.4 Å². The molecule has 1 aliphatic heterocycles. The largest absolute Gasteiger partial charge is 0.462 e. The molecule has 0 saturated carbocycles. The molecule has 0 radical (unpaired) electrons. The third-order valence-corrected chi connectivity index (χ3v) is 3.92. The van der Waals surface area contributed by atoms with Gasteiger partial charge in [-0.15, -0.1) is 0 Å². The predicted molar refractivity (Wildman–Crippen MR) is 87.0 cm³/mol. The summed E-state index contributed by atoms with van der Waals surface area (Å²) in [5.74, 6) is -0.725. The molecule has 1 aliphatic rings. The number of rotatable bonds is 4. The molecule has 0 aromatic heterocycles. The fraction of sp³-hybridized carbons (Fsp3) is 0.375. The number of allylic oxidation sites excluding steroid dienone is 1. The van der Waals surface area contributed by atoms with Crippen LogP contribution < -0.4 is 10.6 Å². The van der Waals surface area contributed by atoms with Gasteiger partial charge in [0.25, 0.3) is 0 Å². The van der Waals surface area contributed by atoms with Crippen molar-refractivity contribution in [3.8, 4) is 0 Å². The van der Waals surface area contributed by atoms with E-state index in [-0.39, 0.29) is 17.0 Å². The van der Waals surface area contributed by atoms with E-state index >= 15 is 0 Å². The fourth-order valence-corrected chi connectivity index (χ4v) is 2.62. The van der Waals surface area contributed by atoms with Gasteiger partial charge in [0.1, 0.15) is 5.82 Å². The van der Waals surface area contributed by atoms with Crippen LogP contribution in [0.25, 0.3) is 0 Å². The summed E-state index contributed by atoms with van der Waals surface area (Å²) >= 11 is 3.11. The summed E-state index contributed by atoms with van der Waals surface area (Å²) in [5.41, 5.74) is 1.32. The molecule has 5 nitrogen and oxygen atoms in total. The van der Waals surface area contributed by atoms with Crippen molar-refractivity contribution in [2.45, 2.75) is 26.8 Å². The number of halogens is 2. The molecule has 0 spiro atoms. The molecule has 1 atom stereocenters. The van der Waals surface area contributed by atoms with Crippen LogP contribution in [0.4, 0.5) is 9.18 Å². The molecule has 1 unspecified atom stereocenters. The molecule has 0 saturated heterocycles. The van der Waals surface area contributed by atoms with E-state index in [2.05, 4.69) is 26.6 Å². The number of carbonyl (C=O) groups is 2. The zero-order valence-corrected chi connectivity index (χ0v) is 14.7. The van der Waals surface area contributed by atoms with Gasteiger partial charge in [-0.25, -0.2) is 14.0 Å². The van der Waals surface area contributed by atoms with E-state index in [1.807, 2.05) is 13.8 Å². The highest BCUT2D eigenvalue weighted by molar-refractivity contribution is 9.10. The Balaban J connectivity index is 2.37. The van der Waals surface area contributed by atoms with Crippen molar-refractivity contribution in [2.24, 2.45) is 5.92 Å². The molecule has 0 bridgehead atoms. The van der Waals surface area contributed by atoms with Crippen LogP contribution in [-0.2, 0) is 9.53 Å². The lowest BCUT2D eigenvalue weighted by molar-refractivity contribution is -0.140. The maximum Gasteiger partial charge on any atom is 0.338 e. The minimum atomic E-state index is -0.694. The average molecular weight is 385 g/mol. The van der Waals surface area contributed by atoms with Gasteiger partial charge in [-0.3, -0.25) is 0 Å². The lowest BCUT2D eigenvalue weighted by Gasteiger charge is -2.28. The maximum atomic E-state index is 13.4. The highest BCUT2D eigenvalue weighted by atomic mass is 79.9.